The normalized spacial score (nSPS) is 14.7. The predicted octanol–water partition coefficient (Wildman–Crippen LogP) is 2.02. The van der Waals surface area contributed by atoms with Crippen LogP contribution < -0.4 is 10.3 Å². The van der Waals surface area contributed by atoms with Gasteiger partial charge in [0.15, 0.2) is 11.6 Å². The zero-order valence-electron chi connectivity index (χ0n) is 16.8. The third-order valence-corrected chi connectivity index (χ3v) is 5.78. The van der Waals surface area contributed by atoms with E-state index in [-0.39, 0.29) is 18.1 Å². The molecule has 1 fully saturated rings. The molecule has 158 valence electrons. The Bertz CT molecular complexity index is 1180. The number of carbonyl (C=O) groups is 1. The summed E-state index contributed by atoms with van der Waals surface area (Å²) in [5, 5.41) is 10.4. The molecule has 0 bridgehead atoms. The van der Waals surface area contributed by atoms with E-state index < -0.39 is 0 Å². The maximum atomic E-state index is 12.5. The highest BCUT2D eigenvalue weighted by Crippen LogP contribution is 2.14. The fourth-order valence-electron chi connectivity index (χ4n) is 3.39. The summed E-state index contributed by atoms with van der Waals surface area (Å²) in [4.78, 5) is 33.9. The van der Waals surface area contributed by atoms with Crippen LogP contribution in [0.25, 0.3) is 11.0 Å². The molecule has 0 atom stereocenters. The van der Waals surface area contributed by atoms with Crippen molar-refractivity contribution in [2.75, 3.05) is 32.8 Å². The van der Waals surface area contributed by atoms with Crippen LogP contribution in [0.4, 0.5) is 0 Å². The second-order valence-electron chi connectivity index (χ2n) is 7.09. The molecule has 1 amide bonds. The van der Waals surface area contributed by atoms with Crippen molar-refractivity contribution in [1.29, 1.82) is 5.26 Å². The summed E-state index contributed by atoms with van der Waals surface area (Å²) in [6, 6.07) is 10.7. The first-order valence-corrected chi connectivity index (χ1v) is 10.8. The highest BCUT2D eigenvalue weighted by atomic mass is 32.1. The van der Waals surface area contributed by atoms with Crippen molar-refractivity contribution < 1.29 is 9.53 Å². The number of thiazole rings is 1. The molecule has 0 unspecified atom stereocenters. The van der Waals surface area contributed by atoms with Gasteiger partial charge in [0.25, 0.3) is 5.56 Å². The fraction of sp³-hybridized carbons (Fsp3) is 0.273. The summed E-state index contributed by atoms with van der Waals surface area (Å²) in [5.41, 5.74) is 1.58. The maximum absolute atomic E-state index is 12.5. The van der Waals surface area contributed by atoms with Crippen LogP contribution in [-0.4, -0.2) is 57.9 Å². The van der Waals surface area contributed by atoms with Crippen LogP contribution >= 0.6 is 11.3 Å². The van der Waals surface area contributed by atoms with Gasteiger partial charge in [-0.25, -0.2) is 4.98 Å². The average Bonchev–Trinajstić information content (AvgIpc) is 3.26. The second-order valence-corrected chi connectivity index (χ2v) is 7.96. The Labute approximate surface area is 183 Å². The lowest BCUT2D eigenvalue weighted by Gasteiger charge is -2.34. The zero-order chi connectivity index (χ0) is 21.6. The van der Waals surface area contributed by atoms with E-state index in [0.717, 1.165) is 24.3 Å². The highest BCUT2D eigenvalue weighted by molar-refractivity contribution is 7.15. The summed E-state index contributed by atoms with van der Waals surface area (Å²) in [6.45, 7) is 3.33. The zero-order valence-corrected chi connectivity index (χ0v) is 17.6. The van der Waals surface area contributed by atoms with Crippen LogP contribution in [0.1, 0.15) is 11.3 Å². The number of ether oxygens (including phenoxy) is 1. The van der Waals surface area contributed by atoms with Gasteiger partial charge in [-0.15, -0.1) is 11.3 Å². The van der Waals surface area contributed by atoms with Crippen molar-refractivity contribution in [3.8, 4) is 11.8 Å². The smallest absolute Gasteiger partial charge is 0.258 e. The molecule has 0 saturated carbocycles. The Kier molecular flexibility index (Phi) is 6.40. The van der Waals surface area contributed by atoms with E-state index in [9.17, 15) is 9.59 Å². The Morgan fingerprint density at radius 2 is 2.00 bits per heavy atom. The number of carbonyl (C=O) groups excluding carboxylic acids is 1. The SMILES string of the molecule is N#CCOc1ccc(/C=C/C(=O)N2CCN(Cc3cc(=O)n4ccsc4n3)CC2)cc1. The van der Waals surface area contributed by atoms with Gasteiger partial charge in [0.1, 0.15) is 11.8 Å². The van der Waals surface area contributed by atoms with E-state index in [1.165, 1.54) is 11.3 Å². The number of rotatable bonds is 6. The molecule has 1 saturated heterocycles. The summed E-state index contributed by atoms with van der Waals surface area (Å²) in [5.74, 6) is 0.595. The Morgan fingerprint density at radius 3 is 2.74 bits per heavy atom. The minimum atomic E-state index is -0.0649. The molecule has 3 heterocycles. The molecule has 31 heavy (non-hydrogen) atoms. The van der Waals surface area contributed by atoms with Gasteiger partial charge in [-0.2, -0.15) is 5.26 Å². The molecular formula is C22H21N5O3S. The molecule has 3 aromatic rings. The third-order valence-electron chi connectivity index (χ3n) is 5.03. The first kappa shape index (κ1) is 20.8. The van der Waals surface area contributed by atoms with Gasteiger partial charge < -0.3 is 9.64 Å². The molecule has 9 heteroatoms. The second kappa shape index (κ2) is 9.55. The van der Waals surface area contributed by atoms with Crippen LogP contribution in [-0.2, 0) is 11.3 Å². The Hall–Kier alpha value is -3.48. The summed E-state index contributed by atoms with van der Waals surface area (Å²) >= 11 is 1.44. The van der Waals surface area contributed by atoms with Crippen molar-refractivity contribution in [2.24, 2.45) is 0 Å². The standard InChI is InChI=1S/C22H21N5O3S/c23-7-13-30-19-4-1-17(2-5-19)3-6-20(28)26-10-8-25(9-11-26)16-18-15-21(29)27-12-14-31-22(27)24-18/h1-6,12,14-15H,8-11,13,16H2/b6-3+. The quantitative estimate of drug-likeness (QED) is 0.550. The molecule has 4 rings (SSSR count). The largest absolute Gasteiger partial charge is 0.479 e. The topological polar surface area (TPSA) is 90.9 Å². The van der Waals surface area contributed by atoms with Crippen LogP contribution in [0, 0.1) is 11.3 Å². The molecule has 0 N–H and O–H groups in total. The van der Waals surface area contributed by atoms with Gasteiger partial charge in [0.05, 0.1) is 5.69 Å². The average molecular weight is 436 g/mol. The van der Waals surface area contributed by atoms with Crippen molar-refractivity contribution in [1.82, 2.24) is 19.2 Å². The molecule has 1 aliphatic rings. The van der Waals surface area contributed by atoms with Crippen LogP contribution in [0.15, 0.2) is 52.8 Å². The molecule has 0 spiro atoms. The molecule has 2 aromatic heterocycles. The Morgan fingerprint density at radius 1 is 1.23 bits per heavy atom. The van der Waals surface area contributed by atoms with Gasteiger partial charge in [0.2, 0.25) is 5.91 Å². The number of piperazine rings is 1. The minimum absolute atomic E-state index is 0.00930. The number of fused-ring (bicyclic) bond motifs is 1. The number of hydrogen-bond donors (Lipinski definition) is 0. The van der Waals surface area contributed by atoms with Gasteiger partial charge in [-0.05, 0) is 23.8 Å². The van der Waals surface area contributed by atoms with E-state index in [1.54, 1.807) is 40.9 Å². The van der Waals surface area contributed by atoms with Crippen molar-refractivity contribution in [3.05, 3.63) is 69.6 Å². The summed E-state index contributed by atoms with van der Waals surface area (Å²) < 4.78 is 6.77. The van der Waals surface area contributed by atoms with Gasteiger partial charge in [0, 0.05) is 56.4 Å². The van der Waals surface area contributed by atoms with Gasteiger partial charge in [-0.3, -0.25) is 18.9 Å². The lowest BCUT2D eigenvalue weighted by Crippen LogP contribution is -2.48. The summed E-state index contributed by atoms with van der Waals surface area (Å²) in [6.07, 6.45) is 5.08. The van der Waals surface area contributed by atoms with Crippen molar-refractivity contribution in [3.63, 3.8) is 0 Å². The minimum Gasteiger partial charge on any atom is -0.479 e. The first-order chi connectivity index (χ1) is 15.1. The first-order valence-electron chi connectivity index (χ1n) is 9.87. The lowest BCUT2D eigenvalue weighted by molar-refractivity contribution is -0.127. The molecule has 1 aromatic carbocycles. The van der Waals surface area contributed by atoms with E-state index in [0.29, 0.717) is 30.3 Å². The lowest BCUT2D eigenvalue weighted by atomic mass is 10.2. The molecular weight excluding hydrogens is 414 g/mol. The van der Waals surface area contributed by atoms with Gasteiger partial charge in [-0.1, -0.05) is 12.1 Å². The monoisotopic (exact) mass is 435 g/mol. The molecule has 8 nitrogen and oxygen atoms in total. The number of amides is 1. The highest BCUT2D eigenvalue weighted by Gasteiger charge is 2.20. The van der Waals surface area contributed by atoms with E-state index in [2.05, 4.69) is 9.88 Å². The van der Waals surface area contributed by atoms with E-state index in [1.807, 2.05) is 28.5 Å². The predicted molar refractivity (Wildman–Crippen MR) is 118 cm³/mol. The van der Waals surface area contributed by atoms with Crippen LogP contribution in [0.3, 0.4) is 0 Å². The maximum Gasteiger partial charge on any atom is 0.258 e. The Balaban J connectivity index is 1.28. The summed E-state index contributed by atoms with van der Waals surface area (Å²) in [7, 11) is 0. The van der Waals surface area contributed by atoms with Crippen LogP contribution in [0.2, 0.25) is 0 Å². The third kappa shape index (κ3) is 5.17. The number of nitrogens with zero attached hydrogens (tertiary/aromatic N) is 5. The molecule has 0 radical (unpaired) electrons. The molecule has 0 aliphatic carbocycles. The van der Waals surface area contributed by atoms with Gasteiger partial charge >= 0.3 is 0 Å². The van der Waals surface area contributed by atoms with E-state index in [4.69, 9.17) is 10.00 Å². The number of nitriles is 1. The number of aromatic nitrogens is 2. The fourth-order valence-corrected chi connectivity index (χ4v) is 4.13. The van der Waals surface area contributed by atoms with E-state index >= 15 is 0 Å². The number of hydrogen-bond acceptors (Lipinski definition) is 7. The van der Waals surface area contributed by atoms with Crippen molar-refractivity contribution >= 4 is 28.3 Å². The molecule has 1 aliphatic heterocycles. The number of benzene rings is 1. The van der Waals surface area contributed by atoms with Crippen molar-refractivity contribution in [2.45, 2.75) is 6.54 Å². The van der Waals surface area contributed by atoms with Crippen LogP contribution in [0.5, 0.6) is 5.75 Å².